The molecule has 3 atom stereocenters. The number of nitrogens with zero attached hydrogens (tertiary/aromatic N) is 3. The molecule has 3 rings (SSSR count). The first kappa shape index (κ1) is 19.7. The number of nitrogens with one attached hydrogen (secondary N) is 2. The van der Waals surface area contributed by atoms with E-state index in [2.05, 4.69) is 46.5 Å². The van der Waals surface area contributed by atoms with E-state index >= 15 is 0 Å². The molecular weight excluding hydrogens is 338 g/mol. The molecule has 1 heterocycles. The fourth-order valence-corrected chi connectivity index (χ4v) is 3.72. The highest BCUT2D eigenvalue weighted by atomic mass is 16.2. The van der Waals surface area contributed by atoms with Gasteiger partial charge in [0.25, 0.3) is 0 Å². The van der Waals surface area contributed by atoms with Crippen LogP contribution in [0.1, 0.15) is 44.7 Å². The summed E-state index contributed by atoms with van der Waals surface area (Å²) in [4.78, 5) is 20.8. The molecule has 0 bridgehead atoms. The van der Waals surface area contributed by atoms with E-state index in [0.29, 0.717) is 12.1 Å². The second kappa shape index (κ2) is 8.74. The molecule has 3 unspecified atom stereocenters. The lowest BCUT2D eigenvalue weighted by Crippen LogP contribution is -2.46. The molecule has 2 fully saturated rings. The topological polar surface area (TPSA) is 60.0 Å². The van der Waals surface area contributed by atoms with Gasteiger partial charge in [0.15, 0.2) is 5.96 Å². The van der Waals surface area contributed by atoms with Gasteiger partial charge in [-0.05, 0) is 38.7 Å². The van der Waals surface area contributed by atoms with E-state index in [4.69, 9.17) is 0 Å². The number of hydrogen-bond acceptors (Lipinski definition) is 3. The summed E-state index contributed by atoms with van der Waals surface area (Å²) < 4.78 is 0. The average molecular weight is 372 g/mol. The van der Waals surface area contributed by atoms with Gasteiger partial charge in [-0.3, -0.25) is 9.69 Å². The van der Waals surface area contributed by atoms with E-state index in [-0.39, 0.29) is 18.5 Å². The largest absolute Gasteiger partial charge is 0.352 e. The highest BCUT2D eigenvalue weighted by Gasteiger charge is 2.39. The Bertz CT molecular complexity index is 656. The Morgan fingerprint density at radius 3 is 2.63 bits per heavy atom. The van der Waals surface area contributed by atoms with E-state index < -0.39 is 0 Å². The number of hydrogen-bond donors (Lipinski definition) is 2. The van der Waals surface area contributed by atoms with Gasteiger partial charge in [-0.1, -0.05) is 30.3 Å². The van der Waals surface area contributed by atoms with Crippen LogP contribution in [0.5, 0.6) is 0 Å². The summed E-state index contributed by atoms with van der Waals surface area (Å²) in [5.41, 5.74) is 1.20. The minimum absolute atomic E-state index is 0.00265. The number of likely N-dealkylation sites (tertiary alicyclic amines) is 1. The summed E-state index contributed by atoms with van der Waals surface area (Å²) in [6.07, 6.45) is 3.77. The third-order valence-corrected chi connectivity index (χ3v) is 5.50. The number of amides is 1. The molecule has 1 aromatic rings. The molecule has 6 heteroatoms. The Labute approximate surface area is 163 Å². The SMILES string of the molecule is CC(NC(=NCC(=O)N(C)C)NC1CC(C)N(C2CC2)C1)c1ccccc1. The lowest BCUT2D eigenvalue weighted by Gasteiger charge is -2.22. The van der Waals surface area contributed by atoms with Crippen LogP contribution in [0, 0.1) is 0 Å². The van der Waals surface area contributed by atoms with E-state index in [1.165, 1.54) is 18.4 Å². The molecule has 1 amide bonds. The van der Waals surface area contributed by atoms with Gasteiger partial charge in [0.2, 0.25) is 5.91 Å². The van der Waals surface area contributed by atoms with Crippen LogP contribution in [0.2, 0.25) is 0 Å². The molecule has 1 saturated carbocycles. The first-order chi connectivity index (χ1) is 12.9. The number of rotatable bonds is 6. The van der Waals surface area contributed by atoms with Crippen LogP contribution in [0.3, 0.4) is 0 Å². The maximum Gasteiger partial charge on any atom is 0.243 e. The van der Waals surface area contributed by atoms with Crippen molar-refractivity contribution in [2.45, 2.75) is 57.3 Å². The third kappa shape index (κ3) is 5.45. The van der Waals surface area contributed by atoms with Crippen molar-refractivity contribution in [3.8, 4) is 0 Å². The van der Waals surface area contributed by atoms with Gasteiger partial charge in [-0.25, -0.2) is 4.99 Å². The molecule has 1 aliphatic carbocycles. The molecule has 148 valence electrons. The van der Waals surface area contributed by atoms with Crippen LogP contribution in [0.25, 0.3) is 0 Å². The fraction of sp³-hybridized carbons (Fsp3) is 0.619. The quantitative estimate of drug-likeness (QED) is 0.593. The normalized spacial score (nSPS) is 24.5. The lowest BCUT2D eigenvalue weighted by atomic mass is 10.1. The van der Waals surface area contributed by atoms with Crippen molar-refractivity contribution in [2.75, 3.05) is 27.2 Å². The first-order valence-electron chi connectivity index (χ1n) is 10.0. The van der Waals surface area contributed by atoms with Crippen molar-refractivity contribution < 1.29 is 4.79 Å². The van der Waals surface area contributed by atoms with Gasteiger partial charge >= 0.3 is 0 Å². The minimum atomic E-state index is 0.00265. The summed E-state index contributed by atoms with van der Waals surface area (Å²) >= 11 is 0. The maximum absolute atomic E-state index is 12.0. The smallest absolute Gasteiger partial charge is 0.243 e. The molecule has 0 radical (unpaired) electrons. The summed E-state index contributed by atoms with van der Waals surface area (Å²) in [5, 5.41) is 7.06. The van der Waals surface area contributed by atoms with Crippen LogP contribution in [-0.4, -0.2) is 67.0 Å². The van der Waals surface area contributed by atoms with Gasteiger partial charge in [0, 0.05) is 38.8 Å². The first-order valence-corrected chi connectivity index (χ1v) is 10.0. The fourth-order valence-electron chi connectivity index (χ4n) is 3.72. The van der Waals surface area contributed by atoms with Gasteiger partial charge in [-0.2, -0.15) is 0 Å². The zero-order valence-electron chi connectivity index (χ0n) is 17.0. The Kier molecular flexibility index (Phi) is 6.37. The monoisotopic (exact) mass is 371 g/mol. The zero-order chi connectivity index (χ0) is 19.4. The van der Waals surface area contributed by atoms with Gasteiger partial charge in [0.1, 0.15) is 6.54 Å². The highest BCUT2D eigenvalue weighted by Crippen LogP contribution is 2.33. The molecule has 1 aromatic carbocycles. The van der Waals surface area contributed by atoms with Crippen molar-refractivity contribution in [3.05, 3.63) is 35.9 Å². The molecule has 1 saturated heterocycles. The number of carbonyl (C=O) groups is 1. The summed E-state index contributed by atoms with van der Waals surface area (Å²) in [5.74, 6) is 0.722. The van der Waals surface area contributed by atoms with E-state index in [0.717, 1.165) is 25.0 Å². The maximum atomic E-state index is 12.0. The van der Waals surface area contributed by atoms with Gasteiger partial charge in [0.05, 0.1) is 6.04 Å². The van der Waals surface area contributed by atoms with Crippen molar-refractivity contribution in [3.63, 3.8) is 0 Å². The molecule has 0 aromatic heterocycles. The predicted molar refractivity (Wildman–Crippen MR) is 110 cm³/mol. The second-order valence-electron chi connectivity index (χ2n) is 8.08. The predicted octanol–water partition coefficient (Wildman–Crippen LogP) is 2.00. The average Bonchev–Trinajstić information content (AvgIpc) is 3.43. The molecule has 2 aliphatic rings. The van der Waals surface area contributed by atoms with Crippen molar-refractivity contribution in [1.29, 1.82) is 0 Å². The van der Waals surface area contributed by atoms with Gasteiger partial charge < -0.3 is 15.5 Å². The Balaban J connectivity index is 1.65. The molecule has 1 aliphatic heterocycles. The second-order valence-corrected chi connectivity index (χ2v) is 8.08. The van der Waals surface area contributed by atoms with E-state index in [9.17, 15) is 4.79 Å². The van der Waals surface area contributed by atoms with Crippen molar-refractivity contribution >= 4 is 11.9 Å². The molecule has 27 heavy (non-hydrogen) atoms. The molecule has 2 N–H and O–H groups in total. The molecule has 0 spiro atoms. The molecule has 6 nitrogen and oxygen atoms in total. The number of aliphatic imine (C=N–C) groups is 1. The van der Waals surface area contributed by atoms with Crippen LogP contribution in [-0.2, 0) is 4.79 Å². The number of likely N-dealkylation sites (N-methyl/N-ethyl adjacent to an activating group) is 1. The Hall–Kier alpha value is -2.08. The molecular formula is C21H33N5O. The zero-order valence-corrected chi connectivity index (χ0v) is 17.0. The van der Waals surface area contributed by atoms with E-state index in [1.54, 1.807) is 19.0 Å². The Morgan fingerprint density at radius 1 is 1.30 bits per heavy atom. The standard InChI is InChI=1S/C21H33N5O/c1-15-12-18(14-26(15)19-10-11-19)24-21(22-13-20(27)25(3)4)23-16(2)17-8-6-5-7-9-17/h5-9,15-16,18-19H,10-14H2,1-4H3,(H2,22,23,24). The van der Waals surface area contributed by atoms with Crippen LogP contribution < -0.4 is 10.6 Å². The van der Waals surface area contributed by atoms with Crippen LogP contribution in [0.4, 0.5) is 0 Å². The third-order valence-electron chi connectivity index (χ3n) is 5.50. The summed E-state index contributed by atoms with van der Waals surface area (Å²) in [6.45, 7) is 5.63. The highest BCUT2D eigenvalue weighted by molar-refractivity contribution is 5.85. The summed E-state index contributed by atoms with van der Waals surface area (Å²) in [7, 11) is 3.52. The van der Waals surface area contributed by atoms with E-state index in [1.807, 2.05) is 18.2 Å². The summed E-state index contributed by atoms with van der Waals surface area (Å²) in [6, 6.07) is 12.2. The van der Waals surface area contributed by atoms with Crippen molar-refractivity contribution in [2.24, 2.45) is 4.99 Å². The van der Waals surface area contributed by atoms with Crippen LogP contribution in [0.15, 0.2) is 35.3 Å². The number of carbonyl (C=O) groups excluding carboxylic acids is 1. The lowest BCUT2D eigenvalue weighted by molar-refractivity contribution is -0.127. The minimum Gasteiger partial charge on any atom is -0.352 e. The number of guanidine groups is 1. The van der Waals surface area contributed by atoms with Crippen LogP contribution >= 0.6 is 0 Å². The van der Waals surface area contributed by atoms with Gasteiger partial charge in [-0.15, -0.1) is 0 Å². The number of benzene rings is 1. The van der Waals surface area contributed by atoms with Crippen molar-refractivity contribution in [1.82, 2.24) is 20.4 Å². The Morgan fingerprint density at radius 2 is 2.00 bits per heavy atom.